The minimum Gasteiger partial charge on any atom is -0.378 e. The van der Waals surface area contributed by atoms with Gasteiger partial charge in [0.25, 0.3) is 0 Å². The molecule has 3 aliphatic heterocycles. The summed E-state index contributed by atoms with van der Waals surface area (Å²) in [5.41, 5.74) is -1.56. The van der Waals surface area contributed by atoms with Crippen molar-refractivity contribution >= 4 is 82.5 Å². The number of carbonyl (C=O) groups is 12. The molecule has 7 fully saturated rings. The Labute approximate surface area is 613 Å². The number of ether oxygens (including phenoxy) is 1. The monoisotopic (exact) mass is 1480 g/mol. The lowest BCUT2D eigenvalue weighted by Crippen LogP contribution is -2.65. The highest BCUT2D eigenvalue weighted by atomic mass is 35.5. The van der Waals surface area contributed by atoms with E-state index >= 15 is 33.6 Å². The van der Waals surface area contributed by atoms with Crippen molar-refractivity contribution in [1.29, 1.82) is 0 Å². The van der Waals surface area contributed by atoms with E-state index in [0.29, 0.717) is 44.4 Å². The van der Waals surface area contributed by atoms with Gasteiger partial charge in [0.2, 0.25) is 70.9 Å². The van der Waals surface area contributed by atoms with Crippen molar-refractivity contribution in [3.63, 3.8) is 0 Å². The van der Waals surface area contributed by atoms with Gasteiger partial charge in [0.15, 0.2) is 0 Å². The average Bonchev–Trinajstić information content (AvgIpc) is 1.72. The summed E-state index contributed by atoms with van der Waals surface area (Å²) in [4.78, 5) is 193. The molecule has 3 saturated heterocycles. The zero-order valence-electron chi connectivity index (χ0n) is 63.3. The van der Waals surface area contributed by atoms with E-state index in [1.54, 1.807) is 20.8 Å². The summed E-state index contributed by atoms with van der Waals surface area (Å²) in [6.07, 6.45) is 3.55. The highest BCUT2D eigenvalue weighted by Crippen LogP contribution is 2.44. The highest BCUT2D eigenvalue weighted by Gasteiger charge is 2.52. The van der Waals surface area contributed by atoms with Crippen LogP contribution in [0.5, 0.6) is 0 Å². The second-order valence-electron chi connectivity index (χ2n) is 31.4. The van der Waals surface area contributed by atoms with Crippen molar-refractivity contribution < 1.29 is 75.4 Å². The molecular formula is C74H120ClF3N12O13. The second-order valence-corrected chi connectivity index (χ2v) is 32.0. The predicted octanol–water partition coefficient (Wildman–Crippen LogP) is 5.97. The van der Waals surface area contributed by atoms with Gasteiger partial charge in [-0.05, 0) is 133 Å². The molecule has 4 aliphatic carbocycles. The van der Waals surface area contributed by atoms with Gasteiger partial charge in [0, 0.05) is 73.3 Å². The summed E-state index contributed by atoms with van der Waals surface area (Å²) < 4.78 is 47.8. The third kappa shape index (κ3) is 21.3. The fourth-order valence-electron chi connectivity index (χ4n) is 17.0. The highest BCUT2D eigenvalue weighted by molar-refractivity contribution is 6.21. The van der Waals surface area contributed by atoms with Gasteiger partial charge in [-0.2, -0.15) is 13.2 Å². The summed E-state index contributed by atoms with van der Waals surface area (Å²) in [5.74, 6) is -10.2. The third-order valence-electron chi connectivity index (χ3n) is 23.7. The Morgan fingerprint density at radius 1 is 0.641 bits per heavy atom. The van der Waals surface area contributed by atoms with E-state index in [0.717, 1.165) is 38.5 Å². The van der Waals surface area contributed by atoms with Gasteiger partial charge in [-0.3, -0.25) is 57.5 Å². The maximum absolute atomic E-state index is 15.7. The zero-order valence-corrected chi connectivity index (χ0v) is 64.1. The number of carbonyl (C=O) groups excluding carboxylic acids is 12. The number of halogens is 4. The molecule has 3 heterocycles. The van der Waals surface area contributed by atoms with E-state index in [1.807, 2.05) is 20.8 Å². The number of morpholine rings is 1. The fraction of sp³-hybridized carbons (Fsp3) is 0.838. The largest absolute Gasteiger partial charge is 0.393 e. The van der Waals surface area contributed by atoms with Crippen molar-refractivity contribution in [2.24, 2.45) is 41.4 Å². The quantitative estimate of drug-likeness (QED) is 0.180. The molecule has 0 aromatic heterocycles. The van der Waals surface area contributed by atoms with Crippen LogP contribution in [0.25, 0.3) is 0 Å². The lowest BCUT2D eigenvalue weighted by atomic mass is 9.78. The zero-order chi connectivity index (χ0) is 75.9. The fourth-order valence-corrected chi connectivity index (χ4v) is 17.5. The Morgan fingerprint density at radius 3 is 1.86 bits per heavy atom. The minimum absolute atomic E-state index is 0.00147. The molecule has 12 amide bonds. The van der Waals surface area contributed by atoms with Crippen LogP contribution in [0.1, 0.15) is 196 Å². The van der Waals surface area contributed by atoms with Crippen LogP contribution >= 0.6 is 11.6 Å². The Balaban J connectivity index is 1.29. The van der Waals surface area contributed by atoms with Gasteiger partial charge in [-0.1, -0.05) is 92.4 Å². The van der Waals surface area contributed by atoms with Crippen molar-refractivity contribution in [3.8, 4) is 0 Å². The summed E-state index contributed by atoms with van der Waals surface area (Å²) in [5, 5.41) is 7.65. The Hall–Kier alpha value is -6.32. The molecule has 1 spiro atoms. The smallest absolute Gasteiger partial charge is 0.378 e. The van der Waals surface area contributed by atoms with Crippen LogP contribution in [-0.2, 0) is 62.3 Å². The van der Waals surface area contributed by atoms with Crippen LogP contribution in [0, 0.1) is 41.4 Å². The SMILES string of the molecule is CC[C@H](C)[C@@H]1NC(=O)[C@H](CC(C)C)N(C)C(=O)C[C@@H](C(=O)N2CCOCC2)N(C)C(=O)[C@H](C2CCCC2)N(C)C(=O)C2(CCCC2)NC(=O)[C@@H]2CCCN2C(=O)[C@H](CCC2CCC(C(F)(F)F)C(Cl)C2)NC(=O)CN(C)C(=O)[C@H](CC2CCC(C)CC2)N(CC)C(=O)CN(CC)C(=O)CN(C)C1=O. The molecule has 0 aromatic carbocycles. The van der Waals surface area contributed by atoms with E-state index in [1.165, 1.54) is 79.3 Å². The normalized spacial score (nSPS) is 30.7. The van der Waals surface area contributed by atoms with Crippen molar-refractivity contribution in [1.82, 2.24) is 60.0 Å². The van der Waals surface area contributed by atoms with Gasteiger partial charge in [-0.15, -0.1) is 11.6 Å². The van der Waals surface area contributed by atoms with Gasteiger partial charge in [0.05, 0.1) is 45.2 Å². The van der Waals surface area contributed by atoms with Crippen LogP contribution in [0.15, 0.2) is 0 Å². The molecular weight excluding hydrogens is 1360 g/mol. The number of fused-ring (bicyclic) bond motifs is 1. The molecule has 3 unspecified atom stereocenters. The molecule has 3 N–H and O–H groups in total. The van der Waals surface area contributed by atoms with E-state index in [-0.39, 0.29) is 128 Å². The number of nitrogens with one attached hydrogen (secondary N) is 3. The number of hydrogen-bond donors (Lipinski definition) is 3. The van der Waals surface area contributed by atoms with E-state index < -0.39 is 174 Å². The molecule has 4 saturated carbocycles. The van der Waals surface area contributed by atoms with E-state index in [9.17, 15) is 37.1 Å². The maximum Gasteiger partial charge on any atom is 0.393 e. The molecule has 11 atom stereocenters. The summed E-state index contributed by atoms with van der Waals surface area (Å²) in [6, 6.07) is -8.64. The van der Waals surface area contributed by atoms with Crippen molar-refractivity contribution in [2.45, 2.75) is 256 Å². The van der Waals surface area contributed by atoms with Gasteiger partial charge in [0.1, 0.15) is 47.8 Å². The first-order chi connectivity index (χ1) is 48.7. The van der Waals surface area contributed by atoms with Crippen LogP contribution in [-0.4, -0.2) is 275 Å². The standard InChI is InChI=1S/C74H120ClF3N12O13/c1-13-48(7)63-70(100)83(9)44-61(93)87(14-2)45-62(94)89(15-3)58(41-50-26-24-47(6)25-27-50)68(98)82(8)43-59(91)79-54(31-29-49-28-30-52(53(75)40-49)74(76,77)78)67(97)90-34-20-23-55(90)66(96)81-73(32-18-19-33-73)72(102)86(12)64(51-21-16-17-22-51)71(101)85(11)57(69(99)88-35-37-103-38-36-88)42-60(92)84(10)56(39-46(4)5)65(95)80-63/h46-58,63-64H,13-45H2,1-12H3,(H,79,91)(H,80,95)(H,81,96)/t47?,48-,49?,50?,52?,53?,54-,55-,56-,57-,58-,63-,64-/m0/s1. The Kier molecular flexibility index (Phi) is 30.8. The van der Waals surface area contributed by atoms with Gasteiger partial charge < -0.3 is 64.8 Å². The molecule has 0 aromatic rings. The third-order valence-corrected chi connectivity index (χ3v) is 24.2. The summed E-state index contributed by atoms with van der Waals surface area (Å²) in [7, 11) is 7.22. The van der Waals surface area contributed by atoms with E-state index in [4.69, 9.17) is 16.3 Å². The number of rotatable bonds is 13. The van der Waals surface area contributed by atoms with Gasteiger partial charge in [-0.25, -0.2) is 0 Å². The number of hydrogen-bond acceptors (Lipinski definition) is 13. The molecule has 7 rings (SSSR count). The first kappa shape index (κ1) is 83.9. The number of amides is 12. The topological polar surface area (TPSA) is 279 Å². The van der Waals surface area contributed by atoms with Crippen LogP contribution < -0.4 is 16.0 Å². The lowest BCUT2D eigenvalue weighted by molar-refractivity contribution is -0.182. The summed E-state index contributed by atoms with van der Waals surface area (Å²) >= 11 is 6.43. The van der Waals surface area contributed by atoms with Crippen molar-refractivity contribution in [3.05, 3.63) is 0 Å². The van der Waals surface area contributed by atoms with Crippen molar-refractivity contribution in [2.75, 3.05) is 101 Å². The van der Waals surface area contributed by atoms with E-state index in [2.05, 4.69) is 22.9 Å². The predicted molar refractivity (Wildman–Crippen MR) is 381 cm³/mol. The molecule has 29 heteroatoms. The molecule has 7 aliphatic rings. The van der Waals surface area contributed by atoms with Crippen LogP contribution in [0.3, 0.4) is 0 Å². The molecule has 0 bridgehead atoms. The minimum atomic E-state index is -4.51. The molecule has 0 radical (unpaired) electrons. The molecule has 582 valence electrons. The average molecular weight is 1480 g/mol. The number of alkyl halides is 4. The van der Waals surface area contributed by atoms with Crippen LogP contribution in [0.2, 0.25) is 0 Å². The molecule has 103 heavy (non-hydrogen) atoms. The number of nitrogens with zero attached hydrogens (tertiary/aromatic N) is 9. The first-order valence-corrected chi connectivity index (χ1v) is 38.8. The van der Waals surface area contributed by atoms with Crippen LogP contribution in [0.4, 0.5) is 13.2 Å². The maximum atomic E-state index is 15.7. The Bertz CT molecular complexity index is 2980. The molecule has 25 nitrogen and oxygen atoms in total. The summed E-state index contributed by atoms with van der Waals surface area (Å²) in [6.45, 7) is 12.1. The van der Waals surface area contributed by atoms with Gasteiger partial charge >= 0.3 is 6.18 Å². The number of likely N-dealkylation sites (N-methyl/N-ethyl adjacent to an activating group) is 7. The first-order valence-electron chi connectivity index (χ1n) is 38.3. The second kappa shape index (κ2) is 37.8. The lowest BCUT2D eigenvalue weighted by Gasteiger charge is -2.42. The Morgan fingerprint density at radius 2 is 1.27 bits per heavy atom.